The average Bonchev–Trinajstić information content (AvgIpc) is 3.06. The summed E-state index contributed by atoms with van der Waals surface area (Å²) in [7, 11) is 0. The summed E-state index contributed by atoms with van der Waals surface area (Å²) < 4.78 is 6.08. The maximum Gasteiger partial charge on any atom is 0.222 e. The van der Waals surface area contributed by atoms with Crippen LogP contribution in [0.25, 0.3) is 10.9 Å². The molecule has 2 aliphatic rings. The smallest absolute Gasteiger partial charge is 0.222 e. The Morgan fingerprint density at radius 1 is 1.14 bits per heavy atom. The first-order valence-corrected chi connectivity index (χ1v) is 7.65. The fourth-order valence-electron chi connectivity index (χ4n) is 4.10. The molecule has 2 aliphatic carbocycles. The molecule has 2 bridgehead atoms. The van der Waals surface area contributed by atoms with Crippen molar-refractivity contribution in [2.75, 3.05) is 18.1 Å². The standard InChI is InChI=1S/C16H20N4O/c17-15-14-12(19-16(18)20-15)2-1-3-13(14)21-8-11-7-9-4-5-10(11)6-9/h1-3,9-11H,4-8H2,(H4,17,18,19,20). The van der Waals surface area contributed by atoms with Gasteiger partial charge in [0.1, 0.15) is 11.6 Å². The normalized spacial score (nSPS) is 27.3. The number of nitrogen functional groups attached to an aromatic ring is 2. The SMILES string of the molecule is Nc1nc(N)c2c(OCC3CC4CCC3C4)cccc2n1. The highest BCUT2D eigenvalue weighted by atomic mass is 16.5. The van der Waals surface area contributed by atoms with Crippen LogP contribution in [0, 0.1) is 17.8 Å². The molecule has 0 amide bonds. The number of anilines is 2. The van der Waals surface area contributed by atoms with Gasteiger partial charge in [-0.25, -0.2) is 4.98 Å². The lowest BCUT2D eigenvalue weighted by Gasteiger charge is -2.22. The molecule has 21 heavy (non-hydrogen) atoms. The Kier molecular flexibility index (Phi) is 2.87. The lowest BCUT2D eigenvalue weighted by molar-refractivity contribution is 0.197. The average molecular weight is 284 g/mol. The second-order valence-corrected chi connectivity index (χ2v) is 6.36. The number of aromatic nitrogens is 2. The van der Waals surface area contributed by atoms with Gasteiger partial charge in [0.05, 0.1) is 17.5 Å². The Bertz CT molecular complexity index is 687. The molecule has 3 unspecified atom stereocenters. The topological polar surface area (TPSA) is 87.0 Å². The molecule has 2 aromatic rings. The molecule has 1 aromatic carbocycles. The summed E-state index contributed by atoms with van der Waals surface area (Å²) in [5, 5.41) is 0.773. The highest BCUT2D eigenvalue weighted by Gasteiger charge is 2.39. The molecular weight excluding hydrogens is 264 g/mol. The van der Waals surface area contributed by atoms with Gasteiger partial charge in [0.25, 0.3) is 0 Å². The van der Waals surface area contributed by atoms with Crippen molar-refractivity contribution in [1.82, 2.24) is 9.97 Å². The van der Waals surface area contributed by atoms with Gasteiger partial charge in [0.2, 0.25) is 5.95 Å². The Balaban J connectivity index is 1.59. The minimum Gasteiger partial charge on any atom is -0.492 e. The van der Waals surface area contributed by atoms with Crippen molar-refractivity contribution in [1.29, 1.82) is 0 Å². The van der Waals surface area contributed by atoms with Crippen molar-refractivity contribution in [2.24, 2.45) is 17.8 Å². The van der Waals surface area contributed by atoms with E-state index in [-0.39, 0.29) is 5.95 Å². The van der Waals surface area contributed by atoms with Crippen LogP contribution in [0.15, 0.2) is 18.2 Å². The van der Waals surface area contributed by atoms with E-state index in [1.54, 1.807) is 0 Å². The van der Waals surface area contributed by atoms with Crippen molar-refractivity contribution in [2.45, 2.75) is 25.7 Å². The molecule has 2 saturated carbocycles. The van der Waals surface area contributed by atoms with Crippen LogP contribution >= 0.6 is 0 Å². The zero-order valence-corrected chi connectivity index (χ0v) is 12.0. The van der Waals surface area contributed by atoms with Crippen LogP contribution in [0.4, 0.5) is 11.8 Å². The quantitative estimate of drug-likeness (QED) is 0.904. The van der Waals surface area contributed by atoms with E-state index in [2.05, 4.69) is 9.97 Å². The molecule has 0 spiro atoms. The first-order valence-electron chi connectivity index (χ1n) is 7.65. The molecule has 2 fully saturated rings. The van der Waals surface area contributed by atoms with Crippen molar-refractivity contribution in [3.8, 4) is 5.75 Å². The molecule has 4 rings (SSSR count). The van der Waals surface area contributed by atoms with Crippen LogP contribution in [-0.4, -0.2) is 16.6 Å². The Morgan fingerprint density at radius 2 is 2.05 bits per heavy atom. The molecule has 0 radical (unpaired) electrons. The molecule has 0 aliphatic heterocycles. The molecule has 5 heteroatoms. The summed E-state index contributed by atoms with van der Waals surface area (Å²) in [6, 6.07) is 5.74. The number of rotatable bonds is 3. The maximum atomic E-state index is 6.08. The van der Waals surface area contributed by atoms with E-state index in [0.717, 1.165) is 35.1 Å². The molecule has 3 atom stereocenters. The first kappa shape index (κ1) is 12.7. The summed E-state index contributed by atoms with van der Waals surface area (Å²) in [4.78, 5) is 8.27. The van der Waals surface area contributed by atoms with E-state index in [0.29, 0.717) is 11.7 Å². The van der Waals surface area contributed by atoms with E-state index in [1.165, 1.54) is 25.7 Å². The number of hydrogen-bond donors (Lipinski definition) is 2. The number of hydrogen-bond acceptors (Lipinski definition) is 5. The van der Waals surface area contributed by atoms with E-state index in [9.17, 15) is 0 Å². The second kappa shape index (κ2) is 4.76. The van der Waals surface area contributed by atoms with Crippen molar-refractivity contribution in [3.05, 3.63) is 18.2 Å². The fourth-order valence-corrected chi connectivity index (χ4v) is 4.10. The van der Waals surface area contributed by atoms with Crippen molar-refractivity contribution >= 4 is 22.7 Å². The van der Waals surface area contributed by atoms with Crippen LogP contribution < -0.4 is 16.2 Å². The van der Waals surface area contributed by atoms with Crippen LogP contribution in [-0.2, 0) is 0 Å². The van der Waals surface area contributed by atoms with Crippen LogP contribution in [0.5, 0.6) is 5.75 Å². The van der Waals surface area contributed by atoms with Crippen LogP contribution in [0.2, 0.25) is 0 Å². The third-order valence-corrected chi connectivity index (χ3v) is 5.07. The summed E-state index contributed by atoms with van der Waals surface area (Å²) >= 11 is 0. The van der Waals surface area contributed by atoms with Crippen LogP contribution in [0.3, 0.4) is 0 Å². The number of nitrogens with zero attached hydrogens (tertiary/aromatic N) is 2. The largest absolute Gasteiger partial charge is 0.492 e. The van der Waals surface area contributed by atoms with E-state index < -0.39 is 0 Å². The van der Waals surface area contributed by atoms with Gasteiger partial charge in [0, 0.05) is 0 Å². The highest BCUT2D eigenvalue weighted by molar-refractivity contribution is 5.94. The Morgan fingerprint density at radius 3 is 2.81 bits per heavy atom. The predicted octanol–water partition coefficient (Wildman–Crippen LogP) is 2.61. The van der Waals surface area contributed by atoms with Gasteiger partial charge in [-0.1, -0.05) is 12.5 Å². The lowest BCUT2D eigenvalue weighted by atomic mass is 9.89. The molecule has 1 heterocycles. The zero-order valence-electron chi connectivity index (χ0n) is 12.0. The second-order valence-electron chi connectivity index (χ2n) is 6.36. The van der Waals surface area contributed by atoms with Crippen molar-refractivity contribution < 1.29 is 4.74 Å². The van der Waals surface area contributed by atoms with Gasteiger partial charge in [0.15, 0.2) is 0 Å². The number of ether oxygens (including phenoxy) is 1. The third-order valence-electron chi connectivity index (χ3n) is 5.07. The molecule has 1 aromatic heterocycles. The van der Waals surface area contributed by atoms with Gasteiger partial charge in [-0.15, -0.1) is 0 Å². The fraction of sp³-hybridized carbons (Fsp3) is 0.500. The monoisotopic (exact) mass is 284 g/mol. The lowest BCUT2D eigenvalue weighted by Crippen LogP contribution is -2.18. The molecule has 110 valence electrons. The molecule has 5 nitrogen and oxygen atoms in total. The van der Waals surface area contributed by atoms with Gasteiger partial charge in [-0.2, -0.15) is 4.98 Å². The van der Waals surface area contributed by atoms with Gasteiger partial charge in [-0.05, 0) is 49.1 Å². The maximum absolute atomic E-state index is 6.08. The summed E-state index contributed by atoms with van der Waals surface area (Å²) in [6.45, 7) is 0.768. The van der Waals surface area contributed by atoms with E-state index in [1.807, 2.05) is 18.2 Å². The first-order chi connectivity index (χ1) is 10.2. The number of fused-ring (bicyclic) bond motifs is 3. The minimum absolute atomic E-state index is 0.199. The van der Waals surface area contributed by atoms with Gasteiger partial charge < -0.3 is 16.2 Å². The molecule has 0 saturated heterocycles. The van der Waals surface area contributed by atoms with Gasteiger partial charge in [-0.3, -0.25) is 0 Å². The summed E-state index contributed by atoms with van der Waals surface area (Å²) in [6.07, 6.45) is 5.49. The van der Waals surface area contributed by atoms with E-state index >= 15 is 0 Å². The highest BCUT2D eigenvalue weighted by Crippen LogP contribution is 2.48. The minimum atomic E-state index is 0.199. The zero-order chi connectivity index (χ0) is 14.4. The number of nitrogens with two attached hydrogens (primary N) is 2. The summed E-state index contributed by atoms with van der Waals surface area (Å²) in [5.41, 5.74) is 12.4. The van der Waals surface area contributed by atoms with Gasteiger partial charge >= 0.3 is 0 Å². The van der Waals surface area contributed by atoms with E-state index in [4.69, 9.17) is 16.2 Å². The van der Waals surface area contributed by atoms with Crippen molar-refractivity contribution in [3.63, 3.8) is 0 Å². The Labute approximate surface area is 123 Å². The number of benzene rings is 1. The van der Waals surface area contributed by atoms with Crippen LogP contribution in [0.1, 0.15) is 25.7 Å². The molecular formula is C16H20N4O. The Hall–Kier alpha value is -2.04. The summed E-state index contributed by atoms with van der Waals surface area (Å²) in [5.74, 6) is 3.84. The predicted molar refractivity (Wildman–Crippen MR) is 82.8 cm³/mol. The molecule has 4 N–H and O–H groups in total. The third kappa shape index (κ3) is 2.17.